The van der Waals surface area contributed by atoms with E-state index in [1.54, 1.807) is 12.3 Å². The quantitative estimate of drug-likeness (QED) is 0.909. The minimum absolute atomic E-state index is 0.196. The summed E-state index contributed by atoms with van der Waals surface area (Å²) in [5.74, 6) is 0.603. The number of anilines is 1. The summed E-state index contributed by atoms with van der Waals surface area (Å²) in [4.78, 5) is 10.7. The molecule has 0 amide bonds. The molecule has 1 saturated heterocycles. The van der Waals surface area contributed by atoms with Crippen molar-refractivity contribution >= 4 is 5.95 Å². The van der Waals surface area contributed by atoms with Gasteiger partial charge in [0.1, 0.15) is 0 Å². The Morgan fingerprint density at radius 1 is 1.28 bits per heavy atom. The van der Waals surface area contributed by atoms with Gasteiger partial charge < -0.3 is 5.32 Å². The molecule has 0 spiro atoms. The average molecular weight is 350 g/mol. The number of likely N-dealkylation sites (tertiary alicyclic amines) is 1. The summed E-state index contributed by atoms with van der Waals surface area (Å²) >= 11 is 0. The Hall–Kier alpha value is -2.15. The van der Waals surface area contributed by atoms with Crippen LogP contribution < -0.4 is 5.32 Å². The van der Waals surface area contributed by atoms with Crippen molar-refractivity contribution in [2.45, 2.75) is 38.5 Å². The standard InChI is InChI=1S/C18H21F3N4/c1-13-7-8-22-17(23-13)24-16-6-3-9-25(12-16)11-14-4-2-5-15(10-14)18(19,20)21/h2,4-5,7-8,10,16H,3,6,9,11-12H2,1H3,(H,22,23,24). The molecule has 0 aliphatic carbocycles. The molecule has 7 heteroatoms. The Bertz CT molecular complexity index is 717. The maximum atomic E-state index is 12.8. The number of rotatable bonds is 4. The van der Waals surface area contributed by atoms with Crippen LogP contribution in [-0.2, 0) is 12.7 Å². The van der Waals surface area contributed by atoms with Gasteiger partial charge in [0, 0.05) is 31.0 Å². The van der Waals surface area contributed by atoms with Crippen molar-refractivity contribution < 1.29 is 13.2 Å². The molecule has 4 nitrogen and oxygen atoms in total. The van der Waals surface area contributed by atoms with E-state index in [4.69, 9.17) is 0 Å². The van der Waals surface area contributed by atoms with Gasteiger partial charge in [-0.2, -0.15) is 13.2 Å². The monoisotopic (exact) mass is 350 g/mol. The van der Waals surface area contributed by atoms with Gasteiger partial charge in [0.2, 0.25) is 5.95 Å². The number of nitrogens with zero attached hydrogens (tertiary/aromatic N) is 3. The smallest absolute Gasteiger partial charge is 0.350 e. The van der Waals surface area contributed by atoms with E-state index >= 15 is 0 Å². The normalized spacial score (nSPS) is 19.0. The van der Waals surface area contributed by atoms with Crippen molar-refractivity contribution in [1.82, 2.24) is 14.9 Å². The lowest BCUT2D eigenvalue weighted by molar-refractivity contribution is -0.137. The Balaban J connectivity index is 1.62. The van der Waals surface area contributed by atoms with Gasteiger partial charge in [-0.05, 0) is 44.0 Å². The van der Waals surface area contributed by atoms with Crippen LogP contribution in [0.2, 0.25) is 0 Å². The van der Waals surface area contributed by atoms with Crippen LogP contribution >= 0.6 is 0 Å². The maximum Gasteiger partial charge on any atom is 0.416 e. The molecule has 1 N–H and O–H groups in total. The highest BCUT2D eigenvalue weighted by molar-refractivity contribution is 5.28. The van der Waals surface area contributed by atoms with Crippen LogP contribution in [0.5, 0.6) is 0 Å². The Labute approximate surface area is 145 Å². The van der Waals surface area contributed by atoms with Crippen molar-refractivity contribution in [2.75, 3.05) is 18.4 Å². The molecule has 3 rings (SSSR count). The summed E-state index contributed by atoms with van der Waals surface area (Å²) in [7, 11) is 0. The van der Waals surface area contributed by atoms with Crippen molar-refractivity contribution in [3.05, 3.63) is 53.3 Å². The van der Waals surface area contributed by atoms with Crippen LogP contribution in [0.15, 0.2) is 36.5 Å². The molecule has 1 aromatic heterocycles. The number of aryl methyl sites for hydroxylation is 1. The number of hydrogen-bond donors (Lipinski definition) is 1. The van der Waals surface area contributed by atoms with E-state index in [0.717, 1.165) is 37.7 Å². The number of hydrogen-bond acceptors (Lipinski definition) is 4. The third kappa shape index (κ3) is 4.92. The van der Waals surface area contributed by atoms with E-state index in [2.05, 4.69) is 20.2 Å². The molecule has 25 heavy (non-hydrogen) atoms. The molecule has 0 bridgehead atoms. The van der Waals surface area contributed by atoms with Crippen molar-refractivity contribution in [3.63, 3.8) is 0 Å². The van der Waals surface area contributed by atoms with E-state index in [0.29, 0.717) is 18.1 Å². The largest absolute Gasteiger partial charge is 0.416 e. The van der Waals surface area contributed by atoms with Crippen LogP contribution in [0.4, 0.5) is 19.1 Å². The number of halogens is 3. The van der Waals surface area contributed by atoms with Crippen LogP contribution in [0.25, 0.3) is 0 Å². The van der Waals surface area contributed by atoms with E-state index < -0.39 is 11.7 Å². The summed E-state index contributed by atoms with van der Waals surface area (Å²) < 4.78 is 38.5. The first kappa shape index (κ1) is 17.7. The number of piperidine rings is 1. The number of alkyl halides is 3. The van der Waals surface area contributed by atoms with Gasteiger partial charge in [-0.1, -0.05) is 18.2 Å². The van der Waals surface area contributed by atoms with Gasteiger partial charge in [0.15, 0.2) is 0 Å². The molecule has 1 aromatic carbocycles. The fourth-order valence-electron chi connectivity index (χ4n) is 3.12. The van der Waals surface area contributed by atoms with Crippen LogP contribution in [-0.4, -0.2) is 34.0 Å². The second-order valence-corrected chi connectivity index (χ2v) is 6.44. The lowest BCUT2D eigenvalue weighted by Crippen LogP contribution is -2.41. The Morgan fingerprint density at radius 2 is 2.12 bits per heavy atom. The second-order valence-electron chi connectivity index (χ2n) is 6.44. The van der Waals surface area contributed by atoms with Crippen LogP contribution in [0, 0.1) is 6.92 Å². The van der Waals surface area contributed by atoms with Crippen molar-refractivity contribution in [2.24, 2.45) is 0 Å². The Morgan fingerprint density at radius 3 is 2.88 bits per heavy atom. The van der Waals surface area contributed by atoms with E-state index in [1.165, 1.54) is 12.1 Å². The van der Waals surface area contributed by atoms with Crippen LogP contribution in [0.1, 0.15) is 29.7 Å². The van der Waals surface area contributed by atoms with Gasteiger partial charge in [-0.3, -0.25) is 4.90 Å². The molecular formula is C18H21F3N4. The highest BCUT2D eigenvalue weighted by Gasteiger charge is 2.30. The molecule has 1 unspecified atom stereocenters. The first-order valence-corrected chi connectivity index (χ1v) is 8.35. The fourth-order valence-corrected chi connectivity index (χ4v) is 3.12. The zero-order valence-corrected chi connectivity index (χ0v) is 14.1. The first-order valence-electron chi connectivity index (χ1n) is 8.35. The summed E-state index contributed by atoms with van der Waals surface area (Å²) in [6, 6.07) is 7.60. The highest BCUT2D eigenvalue weighted by atomic mass is 19.4. The molecule has 0 saturated carbocycles. The third-order valence-electron chi connectivity index (χ3n) is 4.29. The zero-order valence-electron chi connectivity index (χ0n) is 14.1. The maximum absolute atomic E-state index is 12.8. The van der Waals surface area contributed by atoms with E-state index in [-0.39, 0.29) is 6.04 Å². The number of benzene rings is 1. The minimum Gasteiger partial charge on any atom is -0.350 e. The fraction of sp³-hybridized carbons (Fsp3) is 0.444. The van der Waals surface area contributed by atoms with Gasteiger partial charge in [0.05, 0.1) is 5.56 Å². The predicted molar refractivity (Wildman–Crippen MR) is 90.1 cm³/mol. The lowest BCUT2D eigenvalue weighted by atomic mass is 10.0. The molecule has 134 valence electrons. The van der Waals surface area contributed by atoms with Crippen molar-refractivity contribution in [3.8, 4) is 0 Å². The van der Waals surface area contributed by atoms with E-state index in [9.17, 15) is 13.2 Å². The summed E-state index contributed by atoms with van der Waals surface area (Å²) in [6.07, 6.45) is -0.600. The number of aromatic nitrogens is 2. The highest BCUT2D eigenvalue weighted by Crippen LogP contribution is 2.30. The number of nitrogens with one attached hydrogen (secondary N) is 1. The predicted octanol–water partition coefficient (Wildman–Crippen LogP) is 3.88. The summed E-state index contributed by atoms with van der Waals surface area (Å²) in [5.41, 5.74) is 0.987. The molecule has 1 aliphatic rings. The van der Waals surface area contributed by atoms with E-state index in [1.807, 2.05) is 13.0 Å². The van der Waals surface area contributed by atoms with Gasteiger partial charge in [-0.15, -0.1) is 0 Å². The van der Waals surface area contributed by atoms with Gasteiger partial charge in [0.25, 0.3) is 0 Å². The Kier molecular flexibility index (Phi) is 5.22. The molecule has 1 fully saturated rings. The SMILES string of the molecule is Cc1ccnc(NC2CCCN(Cc3cccc(C(F)(F)F)c3)C2)n1. The minimum atomic E-state index is -4.30. The second kappa shape index (κ2) is 7.39. The summed E-state index contributed by atoms with van der Waals surface area (Å²) in [5, 5.41) is 3.33. The molecule has 0 radical (unpaired) electrons. The average Bonchev–Trinajstić information content (AvgIpc) is 2.55. The molecule has 2 aromatic rings. The van der Waals surface area contributed by atoms with Gasteiger partial charge in [-0.25, -0.2) is 9.97 Å². The molecule has 1 aliphatic heterocycles. The molecular weight excluding hydrogens is 329 g/mol. The van der Waals surface area contributed by atoms with Gasteiger partial charge >= 0.3 is 6.18 Å². The van der Waals surface area contributed by atoms with Crippen molar-refractivity contribution in [1.29, 1.82) is 0 Å². The molecule has 1 atom stereocenters. The zero-order chi connectivity index (χ0) is 17.9. The molecule has 2 heterocycles. The van der Waals surface area contributed by atoms with Crippen LogP contribution in [0.3, 0.4) is 0 Å². The topological polar surface area (TPSA) is 41.1 Å². The first-order chi connectivity index (χ1) is 11.9. The summed E-state index contributed by atoms with van der Waals surface area (Å²) in [6.45, 7) is 4.06. The lowest BCUT2D eigenvalue weighted by Gasteiger charge is -2.33. The third-order valence-corrected chi connectivity index (χ3v) is 4.29.